The smallest absolute Gasteiger partial charge is 0.316 e. The van der Waals surface area contributed by atoms with E-state index in [9.17, 15) is 4.79 Å². The number of esters is 1. The number of thioether (sulfide) groups is 1. The summed E-state index contributed by atoms with van der Waals surface area (Å²) in [6.07, 6.45) is 6.87. The van der Waals surface area contributed by atoms with Gasteiger partial charge in [0.15, 0.2) is 5.57 Å². The Labute approximate surface area is 137 Å². The van der Waals surface area contributed by atoms with Gasteiger partial charge in [0.1, 0.15) is 12.1 Å². The number of rotatable bonds is 12. The number of unbranched alkanes of at least 4 members (excludes halogenated alkanes) is 5. The fourth-order valence-electron chi connectivity index (χ4n) is 1.74. The van der Waals surface area contributed by atoms with E-state index in [2.05, 4.69) is 12.2 Å². The molecule has 5 nitrogen and oxygen atoms in total. The van der Waals surface area contributed by atoms with Gasteiger partial charge in [0.05, 0.1) is 17.4 Å². The lowest BCUT2D eigenvalue weighted by molar-refractivity contribution is -0.140. The highest BCUT2D eigenvalue weighted by Gasteiger charge is 2.10. The third-order valence-corrected chi connectivity index (χ3v) is 3.90. The number of carbonyl (C=O) groups excluding carboxylic acids is 1. The predicted molar refractivity (Wildman–Crippen MR) is 88.7 cm³/mol. The molecule has 0 aromatic heterocycles. The van der Waals surface area contributed by atoms with Crippen LogP contribution in [0, 0.1) is 22.7 Å². The molecule has 0 radical (unpaired) electrons. The van der Waals surface area contributed by atoms with Gasteiger partial charge in [-0.25, -0.2) is 0 Å². The molecule has 0 aliphatic carbocycles. The molecule has 0 aromatic rings. The maximum atomic E-state index is 11.6. The van der Waals surface area contributed by atoms with Gasteiger partial charge in [-0.05, 0) is 13.3 Å². The number of nitrogens with one attached hydrogen (secondary N) is 1. The van der Waals surface area contributed by atoms with Crippen molar-refractivity contribution in [3.8, 4) is 12.1 Å². The molecule has 22 heavy (non-hydrogen) atoms. The second-order valence-electron chi connectivity index (χ2n) is 4.73. The summed E-state index contributed by atoms with van der Waals surface area (Å²) in [5, 5.41) is 21.1. The fourth-order valence-corrected chi connectivity index (χ4v) is 2.57. The Bertz CT molecular complexity index is 420. The number of nitriles is 2. The number of allylic oxidation sites excluding steroid dienone is 1. The van der Waals surface area contributed by atoms with E-state index in [4.69, 9.17) is 15.3 Å². The molecule has 0 atom stereocenters. The zero-order valence-corrected chi connectivity index (χ0v) is 14.3. The normalized spacial score (nSPS) is 9.45. The summed E-state index contributed by atoms with van der Waals surface area (Å²) in [6.45, 7) is 5.07. The van der Waals surface area contributed by atoms with Crippen molar-refractivity contribution in [2.45, 2.75) is 52.4 Å². The largest absolute Gasteiger partial charge is 0.465 e. The Hall–Kier alpha value is -1.66. The van der Waals surface area contributed by atoms with Crippen molar-refractivity contribution in [1.82, 2.24) is 5.32 Å². The minimum atomic E-state index is -0.316. The van der Waals surface area contributed by atoms with Crippen LogP contribution < -0.4 is 5.32 Å². The lowest BCUT2D eigenvalue weighted by Crippen LogP contribution is -2.15. The lowest BCUT2D eigenvalue weighted by atomic mass is 10.1. The van der Waals surface area contributed by atoms with Crippen molar-refractivity contribution in [1.29, 1.82) is 10.5 Å². The molecule has 0 aliphatic rings. The van der Waals surface area contributed by atoms with Crippen LogP contribution in [0.1, 0.15) is 52.4 Å². The number of carbonyl (C=O) groups is 1. The Kier molecular flexibility index (Phi) is 13.2. The van der Waals surface area contributed by atoms with E-state index >= 15 is 0 Å². The summed E-state index contributed by atoms with van der Waals surface area (Å²) >= 11 is 1.14. The minimum Gasteiger partial charge on any atom is -0.465 e. The van der Waals surface area contributed by atoms with Crippen molar-refractivity contribution in [2.24, 2.45) is 0 Å². The summed E-state index contributed by atoms with van der Waals surface area (Å²) < 4.78 is 5.15. The Morgan fingerprint density at radius 1 is 1.09 bits per heavy atom. The summed E-state index contributed by atoms with van der Waals surface area (Å²) in [6, 6.07) is 3.64. The molecule has 0 rings (SSSR count). The van der Waals surface area contributed by atoms with E-state index < -0.39 is 0 Å². The Balaban J connectivity index is 3.95. The molecule has 0 fully saturated rings. The second-order valence-corrected chi connectivity index (χ2v) is 5.72. The summed E-state index contributed by atoms with van der Waals surface area (Å²) in [5.74, 6) is -0.213. The monoisotopic (exact) mass is 323 g/mol. The van der Waals surface area contributed by atoms with Gasteiger partial charge in [0.25, 0.3) is 0 Å². The molecule has 0 bridgehead atoms. The molecule has 0 aromatic carbocycles. The van der Waals surface area contributed by atoms with E-state index in [1.54, 1.807) is 0 Å². The van der Waals surface area contributed by atoms with E-state index in [0.717, 1.165) is 24.6 Å². The average Bonchev–Trinajstić information content (AvgIpc) is 2.52. The van der Waals surface area contributed by atoms with Gasteiger partial charge < -0.3 is 10.1 Å². The third kappa shape index (κ3) is 10.1. The van der Waals surface area contributed by atoms with Gasteiger partial charge in [-0.1, -0.05) is 50.8 Å². The van der Waals surface area contributed by atoms with Crippen molar-refractivity contribution in [2.75, 3.05) is 18.9 Å². The van der Waals surface area contributed by atoms with E-state index in [1.165, 1.54) is 25.7 Å². The zero-order valence-electron chi connectivity index (χ0n) is 13.5. The Morgan fingerprint density at radius 2 is 1.73 bits per heavy atom. The van der Waals surface area contributed by atoms with Gasteiger partial charge >= 0.3 is 5.97 Å². The van der Waals surface area contributed by atoms with Crippen molar-refractivity contribution in [3.63, 3.8) is 0 Å². The van der Waals surface area contributed by atoms with Crippen molar-refractivity contribution >= 4 is 17.7 Å². The van der Waals surface area contributed by atoms with Crippen LogP contribution in [-0.2, 0) is 9.53 Å². The van der Waals surface area contributed by atoms with Crippen LogP contribution in [0.25, 0.3) is 0 Å². The first kappa shape index (κ1) is 20.3. The first-order chi connectivity index (χ1) is 10.7. The molecule has 0 saturated carbocycles. The SMILES string of the molecule is CCCCCCCCOC(=O)CSC(NCC)=C(C#N)C#N. The van der Waals surface area contributed by atoms with Crippen molar-refractivity contribution in [3.05, 3.63) is 10.6 Å². The van der Waals surface area contributed by atoms with Crippen LogP contribution in [-0.4, -0.2) is 24.9 Å². The number of nitrogens with zero attached hydrogens (tertiary/aromatic N) is 2. The molecule has 0 saturated heterocycles. The van der Waals surface area contributed by atoms with Crippen LogP contribution >= 0.6 is 11.8 Å². The first-order valence-electron chi connectivity index (χ1n) is 7.76. The summed E-state index contributed by atoms with van der Waals surface area (Å²) in [4.78, 5) is 11.6. The molecule has 0 amide bonds. The van der Waals surface area contributed by atoms with Crippen molar-refractivity contribution < 1.29 is 9.53 Å². The molecule has 0 spiro atoms. The van der Waals surface area contributed by atoms with E-state index in [1.807, 2.05) is 19.1 Å². The highest BCUT2D eigenvalue weighted by Crippen LogP contribution is 2.17. The summed E-state index contributed by atoms with van der Waals surface area (Å²) in [7, 11) is 0. The molecule has 1 N–H and O–H groups in total. The minimum absolute atomic E-state index is 0.00410. The fraction of sp³-hybridized carbons (Fsp3) is 0.688. The molecule has 122 valence electrons. The number of hydrogen-bond donors (Lipinski definition) is 1. The van der Waals surface area contributed by atoms with E-state index in [0.29, 0.717) is 18.2 Å². The highest BCUT2D eigenvalue weighted by molar-refractivity contribution is 8.03. The summed E-state index contributed by atoms with van der Waals surface area (Å²) in [5.41, 5.74) is -0.00410. The quantitative estimate of drug-likeness (QED) is 0.336. The maximum Gasteiger partial charge on any atom is 0.316 e. The van der Waals surface area contributed by atoms with Gasteiger partial charge in [-0.2, -0.15) is 10.5 Å². The molecule has 6 heteroatoms. The maximum absolute atomic E-state index is 11.6. The molecular weight excluding hydrogens is 298 g/mol. The molecule has 0 unspecified atom stereocenters. The van der Waals surface area contributed by atoms with E-state index in [-0.39, 0.29) is 17.3 Å². The number of ether oxygens (including phenoxy) is 1. The lowest BCUT2D eigenvalue weighted by Gasteiger charge is -2.08. The molecular formula is C16H25N3O2S. The third-order valence-electron chi connectivity index (χ3n) is 2.88. The van der Waals surface area contributed by atoms with Gasteiger partial charge in [0, 0.05) is 6.54 Å². The second kappa shape index (κ2) is 14.3. The van der Waals surface area contributed by atoms with Gasteiger partial charge in [-0.3, -0.25) is 4.79 Å². The molecule has 0 heterocycles. The average molecular weight is 323 g/mol. The predicted octanol–water partition coefficient (Wildman–Crippen LogP) is 3.49. The van der Waals surface area contributed by atoms with Crippen LogP contribution in [0.3, 0.4) is 0 Å². The van der Waals surface area contributed by atoms with Gasteiger partial charge in [-0.15, -0.1) is 0 Å². The molecule has 0 aliphatic heterocycles. The standard InChI is InChI=1S/C16H25N3O2S/c1-3-5-6-7-8-9-10-21-15(20)13-22-16(19-4-2)14(11-17)12-18/h19H,3-10,13H2,1-2H3. The van der Waals surface area contributed by atoms with Crippen LogP contribution in [0.4, 0.5) is 0 Å². The van der Waals surface area contributed by atoms with Crippen LogP contribution in [0.5, 0.6) is 0 Å². The highest BCUT2D eigenvalue weighted by atomic mass is 32.2. The zero-order chi connectivity index (χ0) is 16.6. The van der Waals surface area contributed by atoms with Gasteiger partial charge in [0.2, 0.25) is 0 Å². The topological polar surface area (TPSA) is 85.9 Å². The number of hydrogen-bond acceptors (Lipinski definition) is 6. The van der Waals surface area contributed by atoms with Crippen LogP contribution in [0.2, 0.25) is 0 Å². The van der Waals surface area contributed by atoms with Crippen LogP contribution in [0.15, 0.2) is 10.6 Å². The first-order valence-corrected chi connectivity index (χ1v) is 8.74. The Morgan fingerprint density at radius 3 is 2.32 bits per heavy atom.